The van der Waals surface area contributed by atoms with Crippen LogP contribution in [0.1, 0.15) is 35.6 Å². The number of ether oxygens (including phenoxy) is 1. The lowest BCUT2D eigenvalue weighted by Gasteiger charge is -2.42. The van der Waals surface area contributed by atoms with Gasteiger partial charge in [-0.1, -0.05) is 54.6 Å². The van der Waals surface area contributed by atoms with E-state index in [0.29, 0.717) is 32.5 Å². The highest BCUT2D eigenvalue weighted by atomic mass is 16.5. The van der Waals surface area contributed by atoms with E-state index < -0.39 is 0 Å². The first-order valence-corrected chi connectivity index (χ1v) is 10.2. The van der Waals surface area contributed by atoms with Gasteiger partial charge in [-0.05, 0) is 30.0 Å². The Morgan fingerprint density at radius 2 is 1.83 bits per heavy atom. The number of methoxy groups -OCH3 is 1. The van der Waals surface area contributed by atoms with Crippen molar-refractivity contribution in [2.75, 3.05) is 27.3 Å². The van der Waals surface area contributed by atoms with Crippen molar-refractivity contribution in [3.05, 3.63) is 71.3 Å². The molecule has 0 bridgehead atoms. The van der Waals surface area contributed by atoms with Gasteiger partial charge in [-0.25, -0.2) is 0 Å². The number of hydrogen-bond acceptors (Lipinski definition) is 3. The lowest BCUT2D eigenvalue weighted by molar-refractivity contribution is -0.148. The van der Waals surface area contributed by atoms with Gasteiger partial charge in [0.25, 0.3) is 0 Å². The molecule has 3 rings (SSSR count). The van der Waals surface area contributed by atoms with E-state index >= 15 is 0 Å². The van der Waals surface area contributed by atoms with Gasteiger partial charge in [0, 0.05) is 33.7 Å². The van der Waals surface area contributed by atoms with E-state index in [-0.39, 0.29) is 23.8 Å². The van der Waals surface area contributed by atoms with Crippen LogP contribution in [0.15, 0.2) is 54.6 Å². The first-order valence-electron chi connectivity index (χ1n) is 10.2. The standard InChI is InChI=1S/C24H30N2O3/c1-18-9-7-8-12-20(18)23-21(13-14-22(27)26(23)15-16-29-3)24(28)25(2)17-19-10-5-4-6-11-19/h4-12,21,23H,13-17H2,1-3H3/t21-,23+/m1/s1. The van der Waals surface area contributed by atoms with Gasteiger partial charge in [-0.2, -0.15) is 0 Å². The SMILES string of the molecule is COCCN1C(=O)CC[C@@H](C(=O)N(C)Cc2ccccc2)[C@@H]1c1ccccc1C. The number of carbonyl (C=O) groups excluding carboxylic acids is 2. The highest BCUT2D eigenvalue weighted by Crippen LogP contribution is 2.39. The summed E-state index contributed by atoms with van der Waals surface area (Å²) < 4.78 is 5.24. The molecule has 29 heavy (non-hydrogen) atoms. The molecule has 0 spiro atoms. The largest absolute Gasteiger partial charge is 0.383 e. The van der Waals surface area contributed by atoms with Crippen LogP contribution in [-0.4, -0.2) is 48.9 Å². The molecule has 0 aromatic heterocycles. The first-order chi connectivity index (χ1) is 14.0. The van der Waals surface area contributed by atoms with Gasteiger partial charge in [-0.3, -0.25) is 9.59 Å². The fourth-order valence-corrected chi connectivity index (χ4v) is 4.19. The molecule has 2 aromatic rings. The van der Waals surface area contributed by atoms with E-state index in [1.165, 1.54) is 0 Å². The molecule has 1 aliphatic heterocycles. The first kappa shape index (κ1) is 21.1. The number of nitrogens with zero attached hydrogens (tertiary/aromatic N) is 2. The van der Waals surface area contributed by atoms with E-state index in [9.17, 15) is 9.59 Å². The Morgan fingerprint density at radius 1 is 1.14 bits per heavy atom. The van der Waals surface area contributed by atoms with Crippen molar-refractivity contribution in [2.45, 2.75) is 32.4 Å². The van der Waals surface area contributed by atoms with Crippen LogP contribution in [-0.2, 0) is 20.9 Å². The molecule has 1 saturated heterocycles. The summed E-state index contributed by atoms with van der Waals surface area (Å²) in [6.07, 6.45) is 0.959. The van der Waals surface area contributed by atoms with Crippen LogP contribution in [0.4, 0.5) is 0 Å². The zero-order valence-corrected chi connectivity index (χ0v) is 17.5. The minimum Gasteiger partial charge on any atom is -0.383 e. The van der Waals surface area contributed by atoms with Gasteiger partial charge < -0.3 is 14.5 Å². The quantitative estimate of drug-likeness (QED) is 0.721. The summed E-state index contributed by atoms with van der Waals surface area (Å²) in [5.41, 5.74) is 3.24. The topological polar surface area (TPSA) is 49.9 Å². The highest BCUT2D eigenvalue weighted by Gasteiger charge is 2.41. The average Bonchev–Trinajstić information content (AvgIpc) is 2.73. The summed E-state index contributed by atoms with van der Waals surface area (Å²) >= 11 is 0. The zero-order chi connectivity index (χ0) is 20.8. The van der Waals surface area contributed by atoms with Crippen LogP contribution in [0, 0.1) is 12.8 Å². The third kappa shape index (κ3) is 4.85. The van der Waals surface area contributed by atoms with Gasteiger partial charge in [-0.15, -0.1) is 0 Å². The van der Waals surface area contributed by atoms with Crippen molar-refractivity contribution in [1.82, 2.24) is 9.80 Å². The normalized spacial score (nSPS) is 19.3. The number of likely N-dealkylation sites (tertiary alicyclic amines) is 1. The molecule has 154 valence electrons. The second kappa shape index (κ2) is 9.70. The van der Waals surface area contributed by atoms with E-state index in [0.717, 1.165) is 16.7 Å². The second-order valence-corrected chi connectivity index (χ2v) is 7.71. The molecule has 0 radical (unpaired) electrons. The van der Waals surface area contributed by atoms with Crippen LogP contribution in [0.2, 0.25) is 0 Å². The summed E-state index contributed by atoms with van der Waals surface area (Å²) in [6.45, 7) is 3.54. The number of hydrogen-bond donors (Lipinski definition) is 0. The molecule has 1 heterocycles. The van der Waals surface area contributed by atoms with Crippen LogP contribution in [0.25, 0.3) is 0 Å². The van der Waals surface area contributed by atoms with Crippen molar-refractivity contribution in [3.63, 3.8) is 0 Å². The molecule has 2 atom stereocenters. The third-order valence-corrected chi connectivity index (χ3v) is 5.71. The van der Waals surface area contributed by atoms with E-state index in [2.05, 4.69) is 0 Å². The maximum atomic E-state index is 13.5. The lowest BCUT2D eigenvalue weighted by Crippen LogP contribution is -2.49. The fraction of sp³-hybridized carbons (Fsp3) is 0.417. The number of amides is 2. The van der Waals surface area contributed by atoms with Gasteiger partial charge in [0.05, 0.1) is 18.6 Å². The monoisotopic (exact) mass is 394 g/mol. The smallest absolute Gasteiger partial charge is 0.228 e. The Morgan fingerprint density at radius 3 is 2.52 bits per heavy atom. The maximum absolute atomic E-state index is 13.5. The van der Waals surface area contributed by atoms with Crippen LogP contribution >= 0.6 is 0 Å². The van der Waals surface area contributed by atoms with Crippen molar-refractivity contribution >= 4 is 11.8 Å². The number of benzene rings is 2. The highest BCUT2D eigenvalue weighted by molar-refractivity contribution is 5.85. The Labute approximate surface area is 173 Å². The van der Waals surface area contributed by atoms with E-state index in [4.69, 9.17) is 4.74 Å². The average molecular weight is 395 g/mol. The Hall–Kier alpha value is -2.66. The van der Waals surface area contributed by atoms with Gasteiger partial charge in [0.15, 0.2) is 0 Å². The number of rotatable bonds is 7. The number of carbonyl (C=O) groups is 2. The van der Waals surface area contributed by atoms with Crippen molar-refractivity contribution in [3.8, 4) is 0 Å². The van der Waals surface area contributed by atoms with Crippen molar-refractivity contribution in [1.29, 1.82) is 0 Å². The number of piperidine rings is 1. The van der Waals surface area contributed by atoms with E-state index in [1.807, 2.05) is 73.5 Å². The molecule has 1 aliphatic rings. The molecule has 1 fully saturated rings. The zero-order valence-electron chi connectivity index (χ0n) is 17.5. The summed E-state index contributed by atoms with van der Waals surface area (Å²) in [5.74, 6) is -0.0959. The van der Waals surface area contributed by atoms with Crippen LogP contribution < -0.4 is 0 Å². The van der Waals surface area contributed by atoms with Gasteiger partial charge in [0.1, 0.15) is 0 Å². The molecular weight excluding hydrogens is 364 g/mol. The summed E-state index contributed by atoms with van der Waals surface area (Å²) in [7, 11) is 3.48. The molecule has 5 nitrogen and oxygen atoms in total. The van der Waals surface area contributed by atoms with E-state index in [1.54, 1.807) is 12.0 Å². The summed E-state index contributed by atoms with van der Waals surface area (Å²) in [6, 6.07) is 17.8. The molecule has 0 unspecified atom stereocenters. The molecule has 5 heteroatoms. The fourth-order valence-electron chi connectivity index (χ4n) is 4.19. The van der Waals surface area contributed by atoms with Crippen LogP contribution in [0.5, 0.6) is 0 Å². The number of aryl methyl sites for hydroxylation is 1. The Bertz CT molecular complexity index is 837. The summed E-state index contributed by atoms with van der Waals surface area (Å²) in [4.78, 5) is 29.9. The second-order valence-electron chi connectivity index (χ2n) is 7.71. The Kier molecular flexibility index (Phi) is 7.04. The predicted molar refractivity (Wildman–Crippen MR) is 113 cm³/mol. The summed E-state index contributed by atoms with van der Waals surface area (Å²) in [5, 5.41) is 0. The predicted octanol–water partition coefficient (Wildman–Crippen LogP) is 3.58. The maximum Gasteiger partial charge on any atom is 0.228 e. The molecule has 0 saturated carbocycles. The van der Waals surface area contributed by atoms with Crippen molar-refractivity contribution in [2.24, 2.45) is 5.92 Å². The minimum atomic E-state index is -0.265. The lowest BCUT2D eigenvalue weighted by atomic mass is 9.81. The van der Waals surface area contributed by atoms with Crippen LogP contribution in [0.3, 0.4) is 0 Å². The van der Waals surface area contributed by atoms with Crippen molar-refractivity contribution < 1.29 is 14.3 Å². The molecule has 2 aromatic carbocycles. The third-order valence-electron chi connectivity index (χ3n) is 5.71. The molecular formula is C24H30N2O3. The Balaban J connectivity index is 1.90. The molecule has 2 amide bonds. The molecule has 0 aliphatic carbocycles. The van der Waals surface area contributed by atoms with Gasteiger partial charge >= 0.3 is 0 Å². The molecule has 0 N–H and O–H groups in total. The minimum absolute atomic E-state index is 0.0806. The van der Waals surface area contributed by atoms with Gasteiger partial charge in [0.2, 0.25) is 11.8 Å².